The first-order valence-electron chi connectivity index (χ1n) is 2.83. The summed E-state index contributed by atoms with van der Waals surface area (Å²) in [5, 5.41) is 0. The molecule has 2 N–H and O–H groups in total. The molecule has 15 heavy (non-hydrogen) atoms. The van der Waals surface area contributed by atoms with Crippen molar-refractivity contribution in [2.45, 2.75) is 0 Å². The molecule has 0 aliphatic heterocycles. The minimum atomic E-state index is -3.44. The maximum atomic E-state index is 9.85. The average Bonchev–Trinajstić information content (AvgIpc) is 2.06. The van der Waals surface area contributed by atoms with Crippen LogP contribution in [0.3, 0.4) is 0 Å². The topological polar surface area (TPSA) is 137 Å². The quantitative estimate of drug-likeness (QED) is 0.370. The Kier molecular flexibility index (Phi) is 15.8. The second kappa shape index (κ2) is 11.8. The van der Waals surface area contributed by atoms with Gasteiger partial charge in [0.2, 0.25) is 0 Å². The van der Waals surface area contributed by atoms with Gasteiger partial charge >= 0.3 is 103 Å². The summed E-state index contributed by atoms with van der Waals surface area (Å²) in [7, 11) is -0.847. The van der Waals surface area contributed by atoms with Crippen LogP contribution in [0.4, 0.5) is 0 Å². The Morgan fingerprint density at radius 3 is 1.00 bits per heavy atom. The van der Waals surface area contributed by atoms with Crippen molar-refractivity contribution in [3.05, 3.63) is 0 Å². The summed E-state index contributed by atoms with van der Waals surface area (Å²) >= 11 is 0. The molecule has 0 aromatic rings. The summed E-state index contributed by atoms with van der Waals surface area (Å²) < 4.78 is 55.3. The van der Waals surface area contributed by atoms with Crippen molar-refractivity contribution in [3.63, 3.8) is 0 Å². The largest absolute Gasteiger partial charge is 1.00 e. The van der Waals surface area contributed by atoms with E-state index in [1.165, 1.54) is 0 Å². The smallest absolute Gasteiger partial charge is 1.00 e. The Hall–Kier alpha value is -0.315. The maximum Gasteiger partial charge on any atom is 1.00 e. The van der Waals surface area contributed by atoms with E-state index in [0.717, 1.165) is 0 Å². The minimum Gasteiger partial charge on any atom is 1.00 e. The predicted molar refractivity (Wildman–Crippen MR) is 39.5 cm³/mol. The van der Waals surface area contributed by atoms with Gasteiger partial charge in [0.25, 0.3) is 0 Å². The van der Waals surface area contributed by atoms with E-state index in [1.54, 1.807) is 0 Å². The average molecular weight is 223 g/mol. The van der Waals surface area contributed by atoms with Crippen LogP contribution < -0.4 is 29.6 Å². The number of rotatable bonds is 8. The fourth-order valence-electron chi connectivity index (χ4n) is 0.465. The van der Waals surface area contributed by atoms with Crippen LogP contribution in [0.2, 0.25) is 0 Å². The van der Waals surface area contributed by atoms with Crippen molar-refractivity contribution in [3.8, 4) is 0 Å². The summed E-state index contributed by atoms with van der Waals surface area (Å²) in [5.74, 6) is 0. The van der Waals surface area contributed by atoms with E-state index in [4.69, 9.17) is 0 Å². The van der Waals surface area contributed by atoms with Gasteiger partial charge in [-0.3, -0.25) is 0 Å². The van der Waals surface area contributed by atoms with Crippen molar-refractivity contribution in [1.29, 1.82) is 0 Å². The van der Waals surface area contributed by atoms with E-state index in [1.807, 2.05) is 0 Å². The molecule has 0 amide bonds. The van der Waals surface area contributed by atoms with Crippen molar-refractivity contribution in [1.82, 2.24) is 0 Å². The minimum absolute atomic E-state index is 0. The van der Waals surface area contributed by atoms with Gasteiger partial charge in [0.05, 0.1) is 0 Å². The van der Waals surface area contributed by atoms with E-state index in [9.17, 15) is 18.8 Å². The first kappa shape index (κ1) is 20.1. The van der Waals surface area contributed by atoms with Gasteiger partial charge in [-0.15, -0.1) is 0 Å². The van der Waals surface area contributed by atoms with Crippen molar-refractivity contribution in [2.24, 2.45) is 0 Å². The zero-order chi connectivity index (χ0) is 10.2. The molecule has 0 aliphatic carbocycles. The molecule has 0 atom stereocenters. The third-order valence-electron chi connectivity index (χ3n) is 0.889. The van der Waals surface area contributed by atoms with Crippen molar-refractivity contribution >= 4 is 36.4 Å². The molecule has 0 heterocycles. The molecule has 15 heteroatoms. The number of hydrogen-bond acceptors (Lipinski definition) is 8. The summed E-state index contributed by atoms with van der Waals surface area (Å²) in [4.78, 5) is 0. The van der Waals surface area contributed by atoms with E-state index in [0.29, 0.717) is 0 Å². The van der Waals surface area contributed by atoms with Gasteiger partial charge in [-0.05, 0) is 0 Å². The Morgan fingerprint density at radius 1 is 0.667 bits per heavy atom. The molecule has 0 rings (SSSR count). The van der Waals surface area contributed by atoms with Gasteiger partial charge in [-0.25, -0.2) is 0 Å². The molecular weight excluding hydrogens is 221 g/mol. The summed E-state index contributed by atoms with van der Waals surface area (Å²) in [6.07, 6.45) is 0. The molecule has 9 nitrogen and oxygen atoms in total. The van der Waals surface area contributed by atoms with Crippen LogP contribution in [0.25, 0.3) is 0 Å². The van der Waals surface area contributed by atoms with Crippen LogP contribution in [-0.2, 0) is 37.1 Å². The molecular formula is H2B5NaO9. The van der Waals surface area contributed by atoms with Crippen LogP contribution in [0.5, 0.6) is 0 Å². The SMILES string of the molecule is O.O=BO[B-](OB=O)(OB=O)OB=O.[Na+]. The summed E-state index contributed by atoms with van der Waals surface area (Å²) in [5.41, 5.74) is 0. The van der Waals surface area contributed by atoms with Gasteiger partial charge in [0, 0.05) is 0 Å². The van der Waals surface area contributed by atoms with E-state index >= 15 is 0 Å². The van der Waals surface area contributed by atoms with Gasteiger partial charge < -0.3 is 5.48 Å². The van der Waals surface area contributed by atoms with Crippen LogP contribution in [0.1, 0.15) is 0 Å². The molecule has 0 bridgehead atoms. The Labute approximate surface area is 108 Å². The van der Waals surface area contributed by atoms with E-state index in [-0.39, 0.29) is 64.4 Å². The molecule has 0 aliphatic rings. The molecule has 0 aromatic heterocycles. The Bertz CT molecular complexity index is 159. The molecule has 0 saturated heterocycles. The fourth-order valence-corrected chi connectivity index (χ4v) is 0.465. The van der Waals surface area contributed by atoms with E-state index in [2.05, 4.69) is 18.3 Å². The molecule has 0 fully saturated rings. The van der Waals surface area contributed by atoms with Crippen molar-refractivity contribution < 1.29 is 72.1 Å². The van der Waals surface area contributed by atoms with Crippen LogP contribution in [-0.4, -0.2) is 41.8 Å². The third kappa shape index (κ3) is 7.59. The summed E-state index contributed by atoms with van der Waals surface area (Å²) in [6, 6.07) is 0. The summed E-state index contributed by atoms with van der Waals surface area (Å²) in [6.45, 7) is -3.44. The zero-order valence-corrected chi connectivity index (χ0v) is 9.65. The normalized spacial score (nSPS) is 6.93. The second-order valence-electron chi connectivity index (χ2n) is 1.51. The third-order valence-corrected chi connectivity index (χ3v) is 0.889. The first-order chi connectivity index (χ1) is 6.24. The maximum absolute atomic E-state index is 9.85. The van der Waals surface area contributed by atoms with Gasteiger partial charge in [-0.2, -0.15) is 0 Å². The van der Waals surface area contributed by atoms with Crippen LogP contribution in [0, 0.1) is 0 Å². The number of hydrogen-bond donors (Lipinski definition) is 0. The first-order valence-corrected chi connectivity index (χ1v) is 2.83. The fraction of sp³-hybridized carbons (Fsp3) is 0. The van der Waals surface area contributed by atoms with E-state index < -0.39 is 6.96 Å². The standard InChI is InChI=1S/B5O8.Na.H2O/c6-1-10-5(11-2-7,12-3-8)13-4-9;;/h;;1H2/q-1;+1;. The Morgan fingerprint density at radius 2 is 0.867 bits per heavy atom. The molecule has 0 spiro atoms. The predicted octanol–water partition coefficient (Wildman–Crippen LogP) is -6.47. The zero-order valence-electron chi connectivity index (χ0n) is 7.65. The molecule has 0 saturated carbocycles. The van der Waals surface area contributed by atoms with Crippen molar-refractivity contribution in [2.75, 3.05) is 0 Å². The van der Waals surface area contributed by atoms with Crippen LogP contribution in [0.15, 0.2) is 0 Å². The monoisotopic (exact) mass is 224 g/mol. The van der Waals surface area contributed by atoms with Gasteiger partial charge in [-0.1, -0.05) is 0 Å². The van der Waals surface area contributed by atoms with Crippen LogP contribution >= 0.6 is 0 Å². The van der Waals surface area contributed by atoms with Gasteiger partial charge in [0.1, 0.15) is 0 Å². The molecule has 0 aromatic carbocycles. The van der Waals surface area contributed by atoms with Gasteiger partial charge in [0.15, 0.2) is 0 Å². The molecule has 72 valence electrons. The Balaban J connectivity index is -0.000000720. The molecule has 0 unspecified atom stereocenters. The molecule has 0 radical (unpaired) electrons. The second-order valence-corrected chi connectivity index (χ2v) is 1.51.